The van der Waals surface area contributed by atoms with Crippen molar-refractivity contribution in [1.29, 1.82) is 0 Å². The monoisotopic (exact) mass is 431 g/mol. The minimum Gasteiger partial charge on any atom is -0.451 e. The van der Waals surface area contributed by atoms with E-state index in [-0.39, 0.29) is 23.6 Å². The molecule has 6 nitrogen and oxygen atoms in total. The second-order valence-electron chi connectivity index (χ2n) is 6.96. The molecule has 0 spiro atoms. The molecule has 2 heterocycles. The average Bonchev–Trinajstić information content (AvgIpc) is 3.29. The molecule has 3 rings (SSSR count). The molecule has 0 fully saturated rings. The molecule has 0 aliphatic carbocycles. The van der Waals surface area contributed by atoms with E-state index in [0.717, 1.165) is 27.4 Å². The number of hydrogen-bond donors (Lipinski definition) is 2. The standard InChI is InChI=1S/C21H25N3O3S2/c1-5-12(2)22-19(25)14(4)24-20(26)18-16(11-29-21-23-13(3)10-28-21)15-8-6-7-9-17(15)27-18/h6-10,12,14H,5,11H2,1-4H3,(H,22,25)(H,24,26). The van der Waals surface area contributed by atoms with Crippen molar-refractivity contribution < 1.29 is 14.0 Å². The van der Waals surface area contributed by atoms with E-state index in [9.17, 15) is 9.59 Å². The van der Waals surface area contributed by atoms with Gasteiger partial charge in [0.25, 0.3) is 5.91 Å². The molecule has 3 aromatic rings. The molecule has 0 aliphatic heterocycles. The first-order valence-corrected chi connectivity index (χ1v) is 11.4. The van der Waals surface area contributed by atoms with E-state index >= 15 is 0 Å². The second-order valence-corrected chi connectivity index (χ2v) is 9.04. The lowest BCUT2D eigenvalue weighted by atomic mass is 10.1. The fraction of sp³-hybridized carbons (Fsp3) is 0.381. The van der Waals surface area contributed by atoms with Crippen LogP contribution < -0.4 is 10.6 Å². The summed E-state index contributed by atoms with van der Waals surface area (Å²) in [5, 5.41) is 8.54. The number of para-hydroxylation sites is 1. The number of fused-ring (bicyclic) bond motifs is 1. The molecule has 29 heavy (non-hydrogen) atoms. The van der Waals surface area contributed by atoms with Gasteiger partial charge in [-0.3, -0.25) is 9.59 Å². The maximum absolute atomic E-state index is 12.9. The van der Waals surface area contributed by atoms with Gasteiger partial charge in [0.15, 0.2) is 5.76 Å². The van der Waals surface area contributed by atoms with E-state index in [0.29, 0.717) is 11.3 Å². The number of benzene rings is 1. The van der Waals surface area contributed by atoms with E-state index in [1.807, 2.05) is 50.4 Å². The van der Waals surface area contributed by atoms with Gasteiger partial charge in [0.1, 0.15) is 16.0 Å². The molecule has 2 amide bonds. The molecular weight excluding hydrogens is 406 g/mol. The van der Waals surface area contributed by atoms with Crippen LogP contribution in [-0.4, -0.2) is 28.9 Å². The normalized spacial score (nSPS) is 13.2. The summed E-state index contributed by atoms with van der Waals surface area (Å²) in [7, 11) is 0. The van der Waals surface area contributed by atoms with Gasteiger partial charge >= 0.3 is 0 Å². The molecule has 1 aromatic carbocycles. The Labute approximate surface area is 178 Å². The summed E-state index contributed by atoms with van der Waals surface area (Å²) in [6, 6.07) is 6.97. The zero-order valence-corrected chi connectivity index (χ0v) is 18.6. The number of nitrogens with one attached hydrogen (secondary N) is 2. The van der Waals surface area contributed by atoms with Crippen LogP contribution in [0.25, 0.3) is 11.0 Å². The number of furan rings is 1. The predicted molar refractivity (Wildman–Crippen MR) is 117 cm³/mol. The summed E-state index contributed by atoms with van der Waals surface area (Å²) in [5.74, 6) is 0.201. The molecule has 0 bridgehead atoms. The lowest BCUT2D eigenvalue weighted by Crippen LogP contribution is -2.47. The summed E-state index contributed by atoms with van der Waals surface area (Å²) in [6.45, 7) is 7.56. The number of aromatic nitrogens is 1. The van der Waals surface area contributed by atoms with Gasteiger partial charge in [-0.25, -0.2) is 4.98 Å². The molecule has 2 aromatic heterocycles. The van der Waals surface area contributed by atoms with Gasteiger partial charge in [-0.15, -0.1) is 11.3 Å². The number of amides is 2. The lowest BCUT2D eigenvalue weighted by molar-refractivity contribution is -0.123. The number of thiazole rings is 1. The van der Waals surface area contributed by atoms with E-state index in [2.05, 4.69) is 15.6 Å². The van der Waals surface area contributed by atoms with E-state index in [4.69, 9.17) is 4.42 Å². The SMILES string of the molecule is CCC(C)NC(=O)C(C)NC(=O)c1oc2ccccc2c1CSc1nc(C)cs1. The molecule has 0 saturated carbocycles. The van der Waals surface area contributed by atoms with Gasteiger partial charge in [-0.2, -0.15) is 0 Å². The quantitative estimate of drug-likeness (QED) is 0.512. The van der Waals surface area contributed by atoms with Crippen molar-refractivity contribution in [2.75, 3.05) is 0 Å². The Morgan fingerprint density at radius 1 is 1.24 bits per heavy atom. The molecule has 2 N–H and O–H groups in total. The third kappa shape index (κ3) is 5.19. The van der Waals surface area contributed by atoms with Gasteiger partial charge < -0.3 is 15.1 Å². The van der Waals surface area contributed by atoms with Crippen LogP contribution in [0.4, 0.5) is 0 Å². The smallest absolute Gasteiger partial charge is 0.288 e. The average molecular weight is 432 g/mol. The number of nitrogens with zero attached hydrogens (tertiary/aromatic N) is 1. The maximum Gasteiger partial charge on any atom is 0.288 e. The first-order valence-electron chi connectivity index (χ1n) is 9.55. The second kappa shape index (κ2) is 9.45. The van der Waals surface area contributed by atoms with E-state index in [1.165, 1.54) is 0 Å². The van der Waals surface area contributed by atoms with Crippen LogP contribution in [0.3, 0.4) is 0 Å². The summed E-state index contributed by atoms with van der Waals surface area (Å²) < 4.78 is 6.81. The molecule has 154 valence electrons. The Kier molecular flexibility index (Phi) is 6.97. The highest BCUT2D eigenvalue weighted by atomic mass is 32.2. The Hall–Kier alpha value is -2.32. The van der Waals surface area contributed by atoms with Crippen molar-refractivity contribution in [3.63, 3.8) is 0 Å². The van der Waals surface area contributed by atoms with Gasteiger partial charge in [-0.1, -0.05) is 36.9 Å². The van der Waals surface area contributed by atoms with E-state index < -0.39 is 6.04 Å². The van der Waals surface area contributed by atoms with Gasteiger partial charge in [0.05, 0.1) is 0 Å². The Morgan fingerprint density at radius 3 is 2.69 bits per heavy atom. The van der Waals surface area contributed by atoms with Crippen LogP contribution in [-0.2, 0) is 10.5 Å². The summed E-state index contributed by atoms with van der Waals surface area (Å²) >= 11 is 3.15. The first-order chi connectivity index (χ1) is 13.9. The van der Waals surface area contributed by atoms with E-state index in [1.54, 1.807) is 30.0 Å². The third-order valence-corrected chi connectivity index (χ3v) is 6.75. The minimum atomic E-state index is -0.660. The zero-order chi connectivity index (χ0) is 21.0. The highest BCUT2D eigenvalue weighted by Gasteiger charge is 2.24. The topological polar surface area (TPSA) is 84.2 Å². The van der Waals surface area contributed by atoms with Crippen LogP contribution in [0.1, 0.15) is 49.0 Å². The molecule has 2 atom stereocenters. The predicted octanol–water partition coefficient (Wildman–Crippen LogP) is 4.52. The summed E-state index contributed by atoms with van der Waals surface area (Å²) in [6.07, 6.45) is 0.827. The van der Waals surface area contributed by atoms with Crippen LogP contribution in [0.2, 0.25) is 0 Å². The fourth-order valence-electron chi connectivity index (χ4n) is 2.76. The third-order valence-electron chi connectivity index (χ3n) is 4.58. The lowest BCUT2D eigenvalue weighted by Gasteiger charge is -2.17. The fourth-order valence-corrected chi connectivity index (χ4v) is 4.63. The highest BCUT2D eigenvalue weighted by molar-refractivity contribution is 8.00. The Balaban J connectivity index is 1.80. The number of carbonyl (C=O) groups excluding carboxylic acids is 2. The van der Waals surface area contributed by atoms with Crippen molar-refractivity contribution in [3.8, 4) is 0 Å². The zero-order valence-electron chi connectivity index (χ0n) is 16.9. The van der Waals surface area contributed by atoms with Gasteiger partial charge in [-0.05, 0) is 33.3 Å². The molecule has 8 heteroatoms. The number of carbonyl (C=O) groups is 2. The molecule has 0 radical (unpaired) electrons. The maximum atomic E-state index is 12.9. The van der Waals surface area contributed by atoms with Crippen LogP contribution in [0, 0.1) is 6.92 Å². The summed E-state index contributed by atoms with van der Waals surface area (Å²) in [5.41, 5.74) is 2.44. The summed E-state index contributed by atoms with van der Waals surface area (Å²) in [4.78, 5) is 29.7. The van der Waals surface area contributed by atoms with Crippen molar-refractivity contribution in [1.82, 2.24) is 15.6 Å². The van der Waals surface area contributed by atoms with Crippen molar-refractivity contribution in [2.45, 2.75) is 56.3 Å². The van der Waals surface area contributed by atoms with Crippen molar-refractivity contribution >= 4 is 45.9 Å². The first kappa shape index (κ1) is 21.4. The number of thioether (sulfide) groups is 1. The molecule has 0 aliphatic rings. The van der Waals surface area contributed by atoms with Crippen molar-refractivity contribution in [3.05, 3.63) is 46.7 Å². The highest BCUT2D eigenvalue weighted by Crippen LogP contribution is 2.33. The number of aryl methyl sites for hydroxylation is 1. The number of rotatable bonds is 8. The van der Waals surface area contributed by atoms with Crippen molar-refractivity contribution in [2.24, 2.45) is 0 Å². The Bertz CT molecular complexity index is 1010. The largest absolute Gasteiger partial charge is 0.451 e. The minimum absolute atomic E-state index is 0.0572. The molecular formula is C21H25N3O3S2. The van der Waals surface area contributed by atoms with Gasteiger partial charge in [0.2, 0.25) is 5.91 Å². The number of hydrogen-bond acceptors (Lipinski definition) is 6. The molecule has 2 unspecified atom stereocenters. The van der Waals surface area contributed by atoms with Crippen LogP contribution in [0.15, 0.2) is 38.4 Å². The van der Waals surface area contributed by atoms with Gasteiger partial charge in [0, 0.05) is 33.8 Å². The van der Waals surface area contributed by atoms with Crippen LogP contribution >= 0.6 is 23.1 Å². The van der Waals surface area contributed by atoms with Crippen LogP contribution in [0.5, 0.6) is 0 Å². The Morgan fingerprint density at radius 2 is 2.00 bits per heavy atom. The molecule has 0 saturated heterocycles.